The van der Waals surface area contributed by atoms with E-state index in [9.17, 15) is 0 Å². The summed E-state index contributed by atoms with van der Waals surface area (Å²) in [5.41, 5.74) is 0.826. The van der Waals surface area contributed by atoms with E-state index in [4.69, 9.17) is 9.47 Å². The van der Waals surface area contributed by atoms with Crippen LogP contribution in [0.5, 0.6) is 11.5 Å². The SMILES string of the molecule is CCc1nc(NC(C)COc2ccccc2OC)c2cnn(C)c2n1. The van der Waals surface area contributed by atoms with Crippen LogP contribution in [0.3, 0.4) is 0 Å². The number of aryl methyl sites for hydroxylation is 2. The van der Waals surface area contributed by atoms with E-state index in [0.29, 0.717) is 6.61 Å². The van der Waals surface area contributed by atoms with Gasteiger partial charge < -0.3 is 14.8 Å². The molecule has 0 fully saturated rings. The third-order valence-electron chi connectivity index (χ3n) is 3.90. The van der Waals surface area contributed by atoms with Crippen LogP contribution in [0.4, 0.5) is 5.82 Å². The van der Waals surface area contributed by atoms with Crippen LogP contribution in [0, 0.1) is 0 Å². The Balaban J connectivity index is 1.74. The first-order chi connectivity index (χ1) is 12.1. The quantitative estimate of drug-likeness (QED) is 0.712. The van der Waals surface area contributed by atoms with Crippen molar-refractivity contribution in [1.82, 2.24) is 19.7 Å². The minimum absolute atomic E-state index is 0.0490. The minimum Gasteiger partial charge on any atom is -0.493 e. The lowest BCUT2D eigenvalue weighted by molar-refractivity contribution is 0.284. The van der Waals surface area contributed by atoms with E-state index in [1.807, 2.05) is 45.2 Å². The molecule has 0 saturated heterocycles. The summed E-state index contributed by atoms with van der Waals surface area (Å²) in [7, 11) is 3.52. The van der Waals surface area contributed by atoms with Crippen molar-refractivity contribution < 1.29 is 9.47 Å². The average molecular weight is 341 g/mol. The third kappa shape index (κ3) is 3.65. The lowest BCUT2D eigenvalue weighted by atomic mass is 10.3. The standard InChI is InChI=1S/C18H23N5O2/c1-5-16-21-17(13-10-19-23(3)18(13)22-16)20-12(2)11-25-15-9-7-6-8-14(15)24-4/h6-10,12H,5,11H2,1-4H3,(H,20,21,22). The Bertz CT molecular complexity index is 862. The first-order valence-electron chi connectivity index (χ1n) is 8.33. The maximum atomic E-state index is 5.88. The summed E-state index contributed by atoms with van der Waals surface area (Å²) in [6.07, 6.45) is 2.55. The number of rotatable bonds is 7. The van der Waals surface area contributed by atoms with Gasteiger partial charge in [0.05, 0.1) is 24.7 Å². The van der Waals surface area contributed by atoms with Gasteiger partial charge in [0.15, 0.2) is 17.1 Å². The second-order valence-electron chi connectivity index (χ2n) is 5.85. The highest BCUT2D eigenvalue weighted by Crippen LogP contribution is 2.26. The Labute approximate surface area is 147 Å². The monoisotopic (exact) mass is 341 g/mol. The average Bonchev–Trinajstić information content (AvgIpc) is 3.01. The highest BCUT2D eigenvalue weighted by Gasteiger charge is 2.14. The molecule has 1 unspecified atom stereocenters. The van der Waals surface area contributed by atoms with Crippen molar-refractivity contribution in [3.63, 3.8) is 0 Å². The molecule has 0 aliphatic carbocycles. The predicted molar refractivity (Wildman–Crippen MR) is 97.3 cm³/mol. The number of fused-ring (bicyclic) bond motifs is 1. The third-order valence-corrected chi connectivity index (χ3v) is 3.90. The molecule has 0 aliphatic rings. The minimum atomic E-state index is 0.0490. The first-order valence-corrected chi connectivity index (χ1v) is 8.33. The van der Waals surface area contributed by atoms with E-state index in [0.717, 1.165) is 40.6 Å². The van der Waals surface area contributed by atoms with Crippen LogP contribution < -0.4 is 14.8 Å². The Morgan fingerprint density at radius 3 is 2.68 bits per heavy atom. The Hall–Kier alpha value is -2.83. The summed E-state index contributed by atoms with van der Waals surface area (Å²) in [6, 6.07) is 7.66. The molecule has 3 rings (SSSR count). The maximum Gasteiger partial charge on any atom is 0.163 e. The van der Waals surface area contributed by atoms with E-state index in [1.165, 1.54) is 0 Å². The molecule has 132 valence electrons. The van der Waals surface area contributed by atoms with Crippen molar-refractivity contribution in [2.75, 3.05) is 19.0 Å². The molecule has 0 aliphatic heterocycles. The van der Waals surface area contributed by atoms with Gasteiger partial charge in [0.25, 0.3) is 0 Å². The van der Waals surface area contributed by atoms with Gasteiger partial charge in [-0.05, 0) is 19.1 Å². The fourth-order valence-corrected chi connectivity index (χ4v) is 2.56. The molecular formula is C18H23N5O2. The highest BCUT2D eigenvalue weighted by atomic mass is 16.5. The Morgan fingerprint density at radius 2 is 1.96 bits per heavy atom. The molecule has 0 spiro atoms. The largest absolute Gasteiger partial charge is 0.493 e. The van der Waals surface area contributed by atoms with Gasteiger partial charge in [-0.15, -0.1) is 0 Å². The molecular weight excluding hydrogens is 318 g/mol. The van der Waals surface area contributed by atoms with Gasteiger partial charge >= 0.3 is 0 Å². The fraction of sp³-hybridized carbons (Fsp3) is 0.389. The fourth-order valence-electron chi connectivity index (χ4n) is 2.56. The molecule has 7 heteroatoms. The molecule has 7 nitrogen and oxygen atoms in total. The van der Waals surface area contributed by atoms with Gasteiger partial charge in [0.1, 0.15) is 18.2 Å². The van der Waals surface area contributed by atoms with Gasteiger partial charge in [0.2, 0.25) is 0 Å². The molecule has 0 saturated carbocycles. The normalized spacial score (nSPS) is 12.2. The van der Waals surface area contributed by atoms with E-state index in [1.54, 1.807) is 18.0 Å². The van der Waals surface area contributed by atoms with Crippen LogP contribution >= 0.6 is 0 Å². The molecule has 0 bridgehead atoms. The van der Waals surface area contributed by atoms with Crippen LogP contribution in [-0.4, -0.2) is 39.5 Å². The number of aromatic nitrogens is 4. The number of hydrogen-bond donors (Lipinski definition) is 1. The van der Waals surface area contributed by atoms with Gasteiger partial charge in [-0.1, -0.05) is 19.1 Å². The van der Waals surface area contributed by atoms with Gasteiger partial charge in [-0.2, -0.15) is 5.10 Å². The topological polar surface area (TPSA) is 74.1 Å². The van der Waals surface area contributed by atoms with Crippen LogP contribution in [0.25, 0.3) is 11.0 Å². The van der Waals surface area contributed by atoms with Crippen molar-refractivity contribution in [3.8, 4) is 11.5 Å². The van der Waals surface area contributed by atoms with Gasteiger partial charge in [-0.25, -0.2) is 9.97 Å². The number of methoxy groups -OCH3 is 1. The van der Waals surface area contributed by atoms with Crippen molar-refractivity contribution in [2.24, 2.45) is 7.05 Å². The Kier molecular flexibility index (Phi) is 5.02. The van der Waals surface area contributed by atoms with Crippen LogP contribution in [-0.2, 0) is 13.5 Å². The zero-order valence-corrected chi connectivity index (χ0v) is 15.0. The summed E-state index contributed by atoms with van der Waals surface area (Å²) < 4.78 is 13.0. The van der Waals surface area contributed by atoms with Crippen molar-refractivity contribution in [3.05, 3.63) is 36.3 Å². The molecule has 1 N–H and O–H groups in total. The molecule has 1 atom stereocenters. The van der Waals surface area contributed by atoms with Gasteiger partial charge in [-0.3, -0.25) is 4.68 Å². The molecule has 0 radical (unpaired) electrons. The van der Waals surface area contributed by atoms with E-state index >= 15 is 0 Å². The lowest BCUT2D eigenvalue weighted by Gasteiger charge is -2.17. The number of hydrogen-bond acceptors (Lipinski definition) is 6. The second kappa shape index (κ2) is 7.38. The summed E-state index contributed by atoms with van der Waals surface area (Å²) in [5, 5.41) is 8.60. The van der Waals surface area contributed by atoms with E-state index in [-0.39, 0.29) is 6.04 Å². The number of benzene rings is 1. The van der Waals surface area contributed by atoms with Crippen molar-refractivity contribution in [1.29, 1.82) is 0 Å². The number of anilines is 1. The van der Waals surface area contributed by atoms with Crippen LogP contribution in [0.2, 0.25) is 0 Å². The lowest BCUT2D eigenvalue weighted by Crippen LogP contribution is -2.24. The molecule has 1 aromatic carbocycles. The highest BCUT2D eigenvalue weighted by molar-refractivity contribution is 5.86. The first kappa shape index (κ1) is 17.0. The summed E-state index contributed by atoms with van der Waals surface area (Å²) in [6.45, 7) is 4.56. The molecule has 25 heavy (non-hydrogen) atoms. The smallest absolute Gasteiger partial charge is 0.163 e. The molecule has 0 amide bonds. The number of nitrogens with zero attached hydrogens (tertiary/aromatic N) is 4. The zero-order valence-electron chi connectivity index (χ0n) is 15.0. The van der Waals surface area contributed by atoms with Crippen LogP contribution in [0.1, 0.15) is 19.7 Å². The van der Waals surface area contributed by atoms with Crippen molar-refractivity contribution in [2.45, 2.75) is 26.3 Å². The second-order valence-corrected chi connectivity index (χ2v) is 5.85. The number of nitrogens with one attached hydrogen (secondary N) is 1. The molecule has 2 aromatic heterocycles. The zero-order chi connectivity index (χ0) is 17.8. The summed E-state index contributed by atoms with van der Waals surface area (Å²) in [5.74, 6) is 3.02. The summed E-state index contributed by atoms with van der Waals surface area (Å²) >= 11 is 0. The number of para-hydroxylation sites is 2. The summed E-state index contributed by atoms with van der Waals surface area (Å²) in [4.78, 5) is 9.14. The predicted octanol–water partition coefficient (Wildman–Crippen LogP) is 2.81. The van der Waals surface area contributed by atoms with E-state index < -0.39 is 0 Å². The van der Waals surface area contributed by atoms with Crippen LogP contribution in [0.15, 0.2) is 30.5 Å². The number of ether oxygens (including phenoxy) is 2. The molecule has 3 aromatic rings. The van der Waals surface area contributed by atoms with Gasteiger partial charge in [0, 0.05) is 13.5 Å². The Morgan fingerprint density at radius 1 is 1.20 bits per heavy atom. The van der Waals surface area contributed by atoms with E-state index in [2.05, 4.69) is 20.4 Å². The van der Waals surface area contributed by atoms with Crippen molar-refractivity contribution >= 4 is 16.9 Å². The molecule has 2 heterocycles. The maximum absolute atomic E-state index is 5.88.